The lowest BCUT2D eigenvalue weighted by molar-refractivity contribution is -0.138. The second-order valence-electron chi connectivity index (χ2n) is 2.65. The zero-order chi connectivity index (χ0) is 10.6. The van der Waals surface area contributed by atoms with Crippen molar-refractivity contribution in [3.63, 3.8) is 0 Å². The van der Waals surface area contributed by atoms with Crippen molar-refractivity contribution in [1.29, 1.82) is 0 Å². The van der Waals surface area contributed by atoms with E-state index in [-0.39, 0.29) is 11.5 Å². The Bertz CT molecular complexity index is 290. The molecule has 1 nitrogen and oxygen atoms in total. The third-order valence-electron chi connectivity index (χ3n) is 1.64. The first-order chi connectivity index (χ1) is 6.55. The maximum Gasteiger partial charge on any atom is 0.399 e. The third kappa shape index (κ3) is 2.85. The van der Waals surface area contributed by atoms with Crippen LogP contribution in [0.3, 0.4) is 0 Å². The second kappa shape index (κ2) is 4.61. The van der Waals surface area contributed by atoms with E-state index in [9.17, 15) is 13.2 Å². The van der Waals surface area contributed by atoms with Crippen LogP contribution in [0, 0.1) is 0 Å². The van der Waals surface area contributed by atoms with Gasteiger partial charge in [0.25, 0.3) is 0 Å². The summed E-state index contributed by atoms with van der Waals surface area (Å²) in [4.78, 5) is 0.238. The van der Waals surface area contributed by atoms with Gasteiger partial charge in [0.15, 0.2) is 0 Å². The first kappa shape index (κ1) is 11.3. The van der Waals surface area contributed by atoms with Gasteiger partial charge in [0.1, 0.15) is 5.92 Å². The lowest BCUT2D eigenvalue weighted by atomic mass is 10.1. The molecule has 1 N–H and O–H groups in total. The number of allylic oxidation sites excluding steroid dienone is 1. The predicted octanol–water partition coefficient (Wildman–Crippen LogP) is 2.94. The third-order valence-corrected chi connectivity index (χ3v) is 2.59. The van der Waals surface area contributed by atoms with Gasteiger partial charge in [0.05, 0.1) is 6.61 Å². The van der Waals surface area contributed by atoms with Crippen LogP contribution in [0.15, 0.2) is 29.7 Å². The first-order valence-corrected chi connectivity index (χ1v) is 4.81. The molecule has 1 heterocycles. The smallest absolute Gasteiger partial charge is 0.392 e. The monoisotopic (exact) mass is 222 g/mol. The maximum atomic E-state index is 12.5. The van der Waals surface area contributed by atoms with Crippen molar-refractivity contribution >= 4 is 11.3 Å². The Kier molecular flexibility index (Phi) is 3.71. The molecule has 1 aromatic heterocycles. The van der Waals surface area contributed by atoms with Crippen molar-refractivity contribution in [3.05, 3.63) is 34.5 Å². The predicted molar refractivity (Wildman–Crippen MR) is 49.3 cm³/mol. The highest BCUT2D eigenvalue weighted by Gasteiger charge is 2.39. The quantitative estimate of drug-likeness (QED) is 0.779. The number of alkyl halides is 3. The van der Waals surface area contributed by atoms with E-state index in [1.807, 2.05) is 0 Å². The average molecular weight is 222 g/mol. The summed E-state index contributed by atoms with van der Waals surface area (Å²) >= 11 is 1.06. The van der Waals surface area contributed by atoms with Crippen molar-refractivity contribution in [2.45, 2.75) is 12.1 Å². The number of aliphatic hydroxyl groups is 1. The van der Waals surface area contributed by atoms with Crippen LogP contribution in [0.4, 0.5) is 13.2 Å². The number of halogens is 3. The normalized spacial score (nSPS) is 14.9. The van der Waals surface area contributed by atoms with Gasteiger partial charge in [-0.2, -0.15) is 13.2 Å². The molecule has 0 saturated carbocycles. The molecule has 14 heavy (non-hydrogen) atoms. The van der Waals surface area contributed by atoms with Crippen molar-refractivity contribution in [2.75, 3.05) is 6.61 Å². The van der Waals surface area contributed by atoms with Gasteiger partial charge in [0, 0.05) is 4.88 Å². The Labute approximate surface area is 83.5 Å². The highest BCUT2D eigenvalue weighted by atomic mass is 32.1. The Hall–Kier alpha value is -0.810. The highest BCUT2D eigenvalue weighted by Crippen LogP contribution is 2.37. The van der Waals surface area contributed by atoms with Crippen molar-refractivity contribution in [3.8, 4) is 0 Å². The fourth-order valence-corrected chi connectivity index (χ4v) is 1.86. The van der Waals surface area contributed by atoms with E-state index < -0.39 is 12.1 Å². The van der Waals surface area contributed by atoms with E-state index >= 15 is 0 Å². The SMILES string of the molecule is OC/C=C/C(c1cccs1)C(F)(F)F. The van der Waals surface area contributed by atoms with E-state index in [4.69, 9.17) is 5.11 Å². The largest absolute Gasteiger partial charge is 0.399 e. The summed E-state index contributed by atoms with van der Waals surface area (Å²) in [6.07, 6.45) is -2.21. The minimum absolute atomic E-state index is 0.238. The Morgan fingerprint density at radius 1 is 1.50 bits per heavy atom. The summed E-state index contributed by atoms with van der Waals surface area (Å²) in [7, 11) is 0. The number of hydrogen-bond donors (Lipinski definition) is 1. The van der Waals surface area contributed by atoms with Gasteiger partial charge < -0.3 is 5.11 Å². The fraction of sp³-hybridized carbons (Fsp3) is 0.333. The summed E-state index contributed by atoms with van der Waals surface area (Å²) in [5.41, 5.74) is 0. The first-order valence-electron chi connectivity index (χ1n) is 3.93. The van der Waals surface area contributed by atoms with Crippen molar-refractivity contribution in [2.24, 2.45) is 0 Å². The molecule has 1 rings (SSSR count). The molecule has 0 aliphatic carbocycles. The van der Waals surface area contributed by atoms with E-state index in [0.29, 0.717) is 0 Å². The zero-order valence-corrected chi connectivity index (χ0v) is 7.98. The summed E-state index contributed by atoms with van der Waals surface area (Å²) in [6, 6.07) is 3.01. The average Bonchev–Trinajstić information content (AvgIpc) is 2.55. The van der Waals surface area contributed by atoms with Gasteiger partial charge in [-0.1, -0.05) is 18.2 Å². The maximum absolute atomic E-state index is 12.5. The van der Waals surface area contributed by atoms with E-state index in [1.54, 1.807) is 11.4 Å². The number of hydrogen-bond acceptors (Lipinski definition) is 2. The highest BCUT2D eigenvalue weighted by molar-refractivity contribution is 7.10. The van der Waals surface area contributed by atoms with Gasteiger partial charge in [-0.05, 0) is 11.4 Å². The minimum atomic E-state index is -4.30. The van der Waals surface area contributed by atoms with Crippen LogP contribution in [0.1, 0.15) is 10.8 Å². The lowest BCUT2D eigenvalue weighted by Crippen LogP contribution is -2.17. The van der Waals surface area contributed by atoms with Crippen LogP contribution >= 0.6 is 11.3 Å². The molecule has 0 saturated heterocycles. The summed E-state index contributed by atoms with van der Waals surface area (Å²) < 4.78 is 37.4. The van der Waals surface area contributed by atoms with Gasteiger partial charge in [0.2, 0.25) is 0 Å². The molecule has 0 bridgehead atoms. The molecule has 0 fully saturated rings. The molecule has 0 aliphatic heterocycles. The van der Waals surface area contributed by atoms with E-state index in [0.717, 1.165) is 23.5 Å². The summed E-state index contributed by atoms with van der Waals surface area (Å²) in [6.45, 7) is -0.377. The summed E-state index contributed by atoms with van der Waals surface area (Å²) in [5, 5.41) is 10.0. The standard InChI is InChI=1S/C9H9F3OS/c10-9(11,12)7(3-1-5-13)8-4-2-6-14-8/h1-4,6-7,13H,5H2/b3-1+. The second-order valence-corrected chi connectivity index (χ2v) is 3.62. The van der Waals surface area contributed by atoms with Crippen molar-refractivity contribution < 1.29 is 18.3 Å². The Morgan fingerprint density at radius 3 is 2.64 bits per heavy atom. The molecule has 1 unspecified atom stereocenters. The molecule has 0 aliphatic rings. The summed E-state index contributed by atoms with van der Waals surface area (Å²) in [5.74, 6) is -1.60. The molecule has 1 aromatic rings. The molecule has 78 valence electrons. The van der Waals surface area contributed by atoms with Gasteiger partial charge >= 0.3 is 6.18 Å². The van der Waals surface area contributed by atoms with Crippen LogP contribution < -0.4 is 0 Å². The van der Waals surface area contributed by atoms with Crippen LogP contribution in [0.25, 0.3) is 0 Å². The number of aliphatic hydroxyl groups excluding tert-OH is 1. The molecule has 0 spiro atoms. The Morgan fingerprint density at radius 2 is 2.21 bits per heavy atom. The van der Waals surface area contributed by atoms with E-state index in [2.05, 4.69) is 0 Å². The van der Waals surface area contributed by atoms with Crippen LogP contribution in [-0.4, -0.2) is 17.9 Å². The molecule has 5 heteroatoms. The minimum Gasteiger partial charge on any atom is -0.392 e. The van der Waals surface area contributed by atoms with Gasteiger partial charge in [-0.3, -0.25) is 0 Å². The number of rotatable bonds is 3. The zero-order valence-electron chi connectivity index (χ0n) is 7.16. The molecule has 0 radical (unpaired) electrons. The lowest BCUT2D eigenvalue weighted by Gasteiger charge is -2.14. The molecule has 0 aromatic carbocycles. The van der Waals surface area contributed by atoms with Gasteiger partial charge in [-0.25, -0.2) is 0 Å². The Balaban J connectivity index is 2.89. The van der Waals surface area contributed by atoms with Gasteiger partial charge in [-0.15, -0.1) is 11.3 Å². The molecule has 1 atom stereocenters. The molecular weight excluding hydrogens is 213 g/mol. The number of thiophene rings is 1. The van der Waals surface area contributed by atoms with Crippen molar-refractivity contribution in [1.82, 2.24) is 0 Å². The van der Waals surface area contributed by atoms with Crippen LogP contribution in [-0.2, 0) is 0 Å². The van der Waals surface area contributed by atoms with Crippen LogP contribution in [0.5, 0.6) is 0 Å². The van der Waals surface area contributed by atoms with E-state index in [1.165, 1.54) is 6.07 Å². The topological polar surface area (TPSA) is 20.2 Å². The fourth-order valence-electron chi connectivity index (χ4n) is 1.03. The molecule has 0 amide bonds. The van der Waals surface area contributed by atoms with Crippen LogP contribution in [0.2, 0.25) is 0 Å². The molecular formula is C9H9F3OS.